The summed E-state index contributed by atoms with van der Waals surface area (Å²) in [6, 6.07) is 1.99. The summed E-state index contributed by atoms with van der Waals surface area (Å²) in [5, 5.41) is 13.9. The molecule has 0 amide bonds. The highest BCUT2D eigenvalue weighted by molar-refractivity contribution is 7.17. The number of fused-ring (bicyclic) bond motifs is 1. The van der Waals surface area contributed by atoms with Gasteiger partial charge in [0.2, 0.25) is 0 Å². The summed E-state index contributed by atoms with van der Waals surface area (Å²) >= 11 is 1.66. The predicted molar refractivity (Wildman–Crippen MR) is 90.6 cm³/mol. The third-order valence-corrected chi connectivity index (χ3v) is 5.36. The van der Waals surface area contributed by atoms with E-state index in [1.165, 1.54) is 5.56 Å². The summed E-state index contributed by atoms with van der Waals surface area (Å²) in [7, 11) is 0. The molecule has 0 saturated carbocycles. The number of nitrogens with one attached hydrogen (secondary N) is 2. The van der Waals surface area contributed by atoms with Crippen LogP contribution in [0.15, 0.2) is 24.0 Å². The summed E-state index contributed by atoms with van der Waals surface area (Å²) in [6.45, 7) is 3.73. The maximum absolute atomic E-state index is 5.98. The maximum Gasteiger partial charge on any atom is 0.138 e. The fraction of sp³-hybridized carbons (Fsp3) is 0.438. The van der Waals surface area contributed by atoms with Crippen molar-refractivity contribution in [3.05, 3.63) is 35.2 Å². The van der Waals surface area contributed by atoms with Crippen LogP contribution in [0.25, 0.3) is 10.2 Å². The number of aryl methyl sites for hydroxylation is 1. The molecule has 120 valence electrons. The molecule has 3 aromatic rings. The van der Waals surface area contributed by atoms with Crippen LogP contribution in [-0.2, 0) is 4.74 Å². The minimum absolute atomic E-state index is 0.0691. The van der Waals surface area contributed by atoms with Gasteiger partial charge in [-0.05, 0) is 36.8 Å². The Morgan fingerprint density at radius 2 is 2.39 bits per heavy atom. The Kier molecular flexibility index (Phi) is 3.97. The van der Waals surface area contributed by atoms with Gasteiger partial charge in [0.15, 0.2) is 0 Å². The minimum atomic E-state index is 0.0691. The number of thiophene rings is 1. The molecule has 1 aliphatic heterocycles. The number of rotatable bonds is 4. The summed E-state index contributed by atoms with van der Waals surface area (Å²) < 4.78 is 5.98. The Hall–Kier alpha value is -1.99. The van der Waals surface area contributed by atoms with Crippen LogP contribution in [0.2, 0.25) is 0 Å². The molecular weight excluding hydrogens is 310 g/mol. The number of anilines is 1. The summed E-state index contributed by atoms with van der Waals surface area (Å²) in [5.74, 6) is 1.32. The first-order chi connectivity index (χ1) is 11.3. The Labute approximate surface area is 138 Å². The molecule has 0 bridgehead atoms. The van der Waals surface area contributed by atoms with Gasteiger partial charge in [-0.2, -0.15) is 5.10 Å². The van der Waals surface area contributed by atoms with Gasteiger partial charge in [-0.25, -0.2) is 9.97 Å². The number of ether oxygens (including phenoxy) is 1. The highest BCUT2D eigenvalue weighted by Crippen LogP contribution is 2.34. The SMILES string of the molecule is Cc1csc2ncnc(NC[C@@H]3CCCO[C@H]3c3ccn[nH]3)c12. The van der Waals surface area contributed by atoms with Gasteiger partial charge in [0, 0.05) is 25.3 Å². The predicted octanol–water partition coefficient (Wildman–Crippen LogP) is 3.30. The summed E-state index contributed by atoms with van der Waals surface area (Å²) in [6.07, 6.45) is 5.70. The van der Waals surface area contributed by atoms with Crippen LogP contribution in [0, 0.1) is 12.8 Å². The van der Waals surface area contributed by atoms with Gasteiger partial charge in [-0.15, -0.1) is 11.3 Å². The van der Waals surface area contributed by atoms with Crippen LogP contribution < -0.4 is 5.32 Å². The lowest BCUT2D eigenvalue weighted by Gasteiger charge is -2.31. The molecule has 1 saturated heterocycles. The fourth-order valence-corrected chi connectivity index (χ4v) is 4.09. The van der Waals surface area contributed by atoms with E-state index >= 15 is 0 Å². The van der Waals surface area contributed by atoms with Crippen LogP contribution >= 0.6 is 11.3 Å². The summed E-state index contributed by atoms with van der Waals surface area (Å²) in [4.78, 5) is 9.81. The topological polar surface area (TPSA) is 75.7 Å². The molecule has 1 fully saturated rings. The van der Waals surface area contributed by atoms with Crippen molar-refractivity contribution in [2.45, 2.75) is 25.9 Å². The van der Waals surface area contributed by atoms with Crippen LogP contribution in [-0.4, -0.2) is 33.3 Å². The van der Waals surface area contributed by atoms with Gasteiger partial charge >= 0.3 is 0 Å². The largest absolute Gasteiger partial charge is 0.372 e. The molecule has 6 nitrogen and oxygen atoms in total. The molecule has 3 aromatic heterocycles. The van der Waals surface area contributed by atoms with Crippen molar-refractivity contribution in [1.29, 1.82) is 0 Å². The van der Waals surface area contributed by atoms with Crippen molar-refractivity contribution in [2.24, 2.45) is 5.92 Å². The smallest absolute Gasteiger partial charge is 0.138 e. The van der Waals surface area contributed by atoms with Crippen LogP contribution in [0.5, 0.6) is 0 Å². The first-order valence-electron chi connectivity index (χ1n) is 7.86. The van der Waals surface area contributed by atoms with E-state index in [1.807, 2.05) is 6.07 Å². The van der Waals surface area contributed by atoms with E-state index in [2.05, 4.69) is 37.8 Å². The zero-order valence-electron chi connectivity index (χ0n) is 13.0. The van der Waals surface area contributed by atoms with Gasteiger partial charge in [0.25, 0.3) is 0 Å². The number of aromatic nitrogens is 4. The fourth-order valence-electron chi connectivity index (χ4n) is 3.20. The van der Waals surface area contributed by atoms with Gasteiger partial charge in [-0.3, -0.25) is 5.10 Å². The molecule has 1 aliphatic rings. The molecule has 2 atom stereocenters. The van der Waals surface area contributed by atoms with Crippen molar-refractivity contribution in [3.63, 3.8) is 0 Å². The number of hydrogen-bond donors (Lipinski definition) is 2. The maximum atomic E-state index is 5.98. The van der Waals surface area contributed by atoms with Crippen molar-refractivity contribution in [1.82, 2.24) is 20.2 Å². The zero-order chi connectivity index (χ0) is 15.6. The molecule has 4 heterocycles. The van der Waals surface area contributed by atoms with Crippen molar-refractivity contribution in [2.75, 3.05) is 18.5 Å². The lowest BCUT2D eigenvalue weighted by atomic mass is 9.92. The molecule has 23 heavy (non-hydrogen) atoms. The molecule has 0 radical (unpaired) electrons. The molecule has 7 heteroatoms. The second-order valence-electron chi connectivity index (χ2n) is 5.91. The highest BCUT2D eigenvalue weighted by atomic mass is 32.1. The quantitative estimate of drug-likeness (QED) is 0.768. The minimum Gasteiger partial charge on any atom is -0.372 e. The number of nitrogens with zero attached hydrogens (tertiary/aromatic N) is 3. The molecule has 0 aromatic carbocycles. The van der Waals surface area contributed by atoms with Crippen LogP contribution in [0.1, 0.15) is 30.2 Å². The standard InChI is InChI=1S/C16H19N5OS/c1-10-8-23-16-13(10)15(18-9-19-16)17-7-11-3-2-6-22-14(11)12-4-5-20-21-12/h4-5,8-9,11,14H,2-3,6-7H2,1H3,(H,20,21)(H,17,18,19)/t11-,14+/m0/s1. The summed E-state index contributed by atoms with van der Waals surface area (Å²) in [5.41, 5.74) is 2.27. The van der Waals surface area contributed by atoms with E-state index in [0.29, 0.717) is 5.92 Å². The Bertz CT molecular complexity index is 785. The average Bonchev–Trinajstić information content (AvgIpc) is 3.24. The third-order valence-electron chi connectivity index (χ3n) is 4.36. The lowest BCUT2D eigenvalue weighted by Crippen LogP contribution is -2.28. The Morgan fingerprint density at radius 1 is 1.43 bits per heavy atom. The van der Waals surface area contributed by atoms with Gasteiger partial charge in [0.05, 0.1) is 11.1 Å². The van der Waals surface area contributed by atoms with E-state index in [1.54, 1.807) is 23.9 Å². The van der Waals surface area contributed by atoms with E-state index < -0.39 is 0 Å². The molecule has 0 aliphatic carbocycles. The molecule has 0 unspecified atom stereocenters. The van der Waals surface area contributed by atoms with Crippen molar-refractivity contribution >= 4 is 27.4 Å². The van der Waals surface area contributed by atoms with Gasteiger partial charge in [-0.1, -0.05) is 0 Å². The van der Waals surface area contributed by atoms with Crippen LogP contribution in [0.4, 0.5) is 5.82 Å². The van der Waals surface area contributed by atoms with Gasteiger partial charge < -0.3 is 10.1 Å². The van der Waals surface area contributed by atoms with E-state index in [0.717, 1.165) is 47.7 Å². The number of H-pyrrole nitrogens is 1. The van der Waals surface area contributed by atoms with Crippen molar-refractivity contribution in [3.8, 4) is 0 Å². The van der Waals surface area contributed by atoms with E-state index in [9.17, 15) is 0 Å². The van der Waals surface area contributed by atoms with E-state index in [4.69, 9.17) is 4.74 Å². The monoisotopic (exact) mass is 329 g/mol. The Morgan fingerprint density at radius 3 is 3.26 bits per heavy atom. The zero-order valence-corrected chi connectivity index (χ0v) is 13.8. The normalized spacial score (nSPS) is 21.6. The lowest BCUT2D eigenvalue weighted by molar-refractivity contribution is -0.0263. The second kappa shape index (κ2) is 6.25. The molecule has 0 spiro atoms. The Balaban J connectivity index is 1.53. The first-order valence-corrected chi connectivity index (χ1v) is 8.74. The average molecular weight is 329 g/mol. The number of hydrogen-bond acceptors (Lipinski definition) is 6. The molecule has 2 N–H and O–H groups in total. The first kappa shape index (κ1) is 14.6. The second-order valence-corrected chi connectivity index (χ2v) is 6.77. The van der Waals surface area contributed by atoms with Crippen LogP contribution in [0.3, 0.4) is 0 Å². The third kappa shape index (κ3) is 2.82. The van der Waals surface area contributed by atoms with E-state index in [-0.39, 0.29) is 6.10 Å². The molecule has 4 rings (SSSR count). The number of aromatic amines is 1. The van der Waals surface area contributed by atoms with Crippen molar-refractivity contribution < 1.29 is 4.74 Å². The highest BCUT2D eigenvalue weighted by Gasteiger charge is 2.28. The van der Waals surface area contributed by atoms with Gasteiger partial charge in [0.1, 0.15) is 23.1 Å². The molecular formula is C16H19N5OS.